The fourth-order valence-corrected chi connectivity index (χ4v) is 7.52. The van der Waals surface area contributed by atoms with E-state index in [4.69, 9.17) is 14.5 Å². The van der Waals surface area contributed by atoms with Crippen LogP contribution in [0.25, 0.3) is 22.0 Å². The highest BCUT2D eigenvalue weighted by Gasteiger charge is 2.28. The monoisotopic (exact) mass is 719 g/mol. The molecule has 262 valence electrons. The van der Waals surface area contributed by atoms with Crippen LogP contribution < -0.4 is 14.8 Å². The van der Waals surface area contributed by atoms with Crippen molar-refractivity contribution in [3.05, 3.63) is 82.3 Å². The van der Waals surface area contributed by atoms with Crippen molar-refractivity contribution in [1.82, 2.24) is 24.8 Å². The first-order valence-electron chi connectivity index (χ1n) is 16.1. The van der Waals surface area contributed by atoms with E-state index >= 15 is 4.39 Å². The molecule has 6 rings (SSSR count). The van der Waals surface area contributed by atoms with Crippen LogP contribution in [0.3, 0.4) is 0 Å². The van der Waals surface area contributed by atoms with Gasteiger partial charge in [-0.15, -0.1) is 11.3 Å². The van der Waals surface area contributed by atoms with Gasteiger partial charge in [-0.1, -0.05) is 12.1 Å². The molecular formula is C35H38FN7O5S2. The SMILES string of the molecule is Cc1nc(CS(=O)(=O)Nc2c(F)ccc3c(Oc4ncccc4-c4ccnc(N[C@@H]5CCCN(C(=O)OC(C)(C)C)C5)n4)c(C)ccc23)cs1. The largest absolute Gasteiger partial charge is 0.444 e. The number of carbonyl (C=O) groups is 1. The maximum absolute atomic E-state index is 15.2. The third kappa shape index (κ3) is 8.28. The second kappa shape index (κ2) is 14.2. The van der Waals surface area contributed by atoms with Gasteiger partial charge in [0.15, 0.2) is 0 Å². The molecule has 5 aromatic rings. The molecule has 0 spiro atoms. The van der Waals surface area contributed by atoms with Gasteiger partial charge in [0.05, 0.1) is 27.6 Å². The first-order valence-corrected chi connectivity index (χ1v) is 18.6. The number of anilines is 2. The van der Waals surface area contributed by atoms with Crippen molar-refractivity contribution in [2.24, 2.45) is 0 Å². The normalized spacial score (nSPS) is 15.2. The van der Waals surface area contributed by atoms with Gasteiger partial charge in [-0.2, -0.15) is 0 Å². The molecule has 2 N–H and O–H groups in total. The van der Waals surface area contributed by atoms with Crippen molar-refractivity contribution in [2.75, 3.05) is 23.1 Å². The smallest absolute Gasteiger partial charge is 0.410 e. The van der Waals surface area contributed by atoms with Crippen molar-refractivity contribution < 1.29 is 27.1 Å². The number of likely N-dealkylation sites (tertiary alicyclic amines) is 1. The number of rotatable bonds is 9. The molecule has 0 aliphatic carbocycles. The fraction of sp³-hybridized carbons (Fsp3) is 0.343. The number of hydrogen-bond acceptors (Lipinski definition) is 11. The molecule has 0 saturated carbocycles. The Labute approximate surface area is 294 Å². The van der Waals surface area contributed by atoms with E-state index in [1.807, 2.05) is 33.8 Å². The van der Waals surface area contributed by atoms with E-state index in [0.717, 1.165) is 23.4 Å². The van der Waals surface area contributed by atoms with Crippen molar-refractivity contribution in [2.45, 2.75) is 64.9 Å². The minimum atomic E-state index is -3.99. The summed E-state index contributed by atoms with van der Waals surface area (Å²) in [5.74, 6) is -0.105. The highest BCUT2D eigenvalue weighted by Crippen LogP contribution is 2.40. The lowest BCUT2D eigenvalue weighted by molar-refractivity contribution is 0.0206. The Kier molecular flexibility index (Phi) is 9.89. The van der Waals surface area contributed by atoms with E-state index in [1.165, 1.54) is 17.4 Å². The standard InChI is InChI=1S/C35H38FN7O5S2/c1-21-10-11-25-26(12-13-28(36)30(25)42-50(45,46)20-24-19-49-22(2)39-24)31(21)47-32-27(9-6-15-37-32)29-14-16-38-33(41-29)40-23-8-7-17-43(18-23)34(44)48-35(3,4)5/h6,9-16,19,23,42H,7-8,17-18,20H2,1-5H3,(H,38,40,41)/t23-/m1/s1. The van der Waals surface area contributed by atoms with Crippen LogP contribution in [0.5, 0.6) is 11.6 Å². The molecule has 50 heavy (non-hydrogen) atoms. The Morgan fingerprint density at radius 3 is 2.62 bits per heavy atom. The molecule has 12 nitrogen and oxygen atoms in total. The van der Waals surface area contributed by atoms with Crippen molar-refractivity contribution >= 4 is 49.9 Å². The molecule has 1 aliphatic rings. The number of thiazole rings is 1. The highest BCUT2D eigenvalue weighted by molar-refractivity contribution is 7.91. The number of hydrogen-bond donors (Lipinski definition) is 2. The van der Waals surface area contributed by atoms with Crippen LogP contribution in [0.4, 0.5) is 20.8 Å². The number of nitrogens with zero attached hydrogens (tertiary/aromatic N) is 5. The zero-order chi connectivity index (χ0) is 35.6. The van der Waals surface area contributed by atoms with Crippen molar-refractivity contribution in [1.29, 1.82) is 0 Å². The molecule has 1 aliphatic heterocycles. The van der Waals surface area contributed by atoms with Gasteiger partial charge in [0.25, 0.3) is 0 Å². The van der Waals surface area contributed by atoms with Crippen LogP contribution in [0.1, 0.15) is 49.9 Å². The second-order valence-electron chi connectivity index (χ2n) is 13.1. The number of aryl methyl sites for hydroxylation is 2. The Hall–Kier alpha value is -4.89. The fourth-order valence-electron chi connectivity index (χ4n) is 5.67. The minimum absolute atomic E-state index is 0.0768. The maximum atomic E-state index is 15.2. The van der Waals surface area contributed by atoms with Crippen molar-refractivity contribution in [3.8, 4) is 22.9 Å². The Bertz CT molecular complexity index is 2150. The van der Waals surface area contributed by atoms with Gasteiger partial charge < -0.3 is 19.7 Å². The average Bonchev–Trinajstić information content (AvgIpc) is 3.46. The number of halogens is 1. The lowest BCUT2D eigenvalue weighted by Crippen LogP contribution is -2.47. The number of nitrogens with one attached hydrogen (secondary N) is 2. The van der Waals surface area contributed by atoms with Crippen LogP contribution >= 0.6 is 11.3 Å². The Balaban J connectivity index is 1.25. The summed E-state index contributed by atoms with van der Waals surface area (Å²) >= 11 is 1.34. The Morgan fingerprint density at radius 2 is 1.86 bits per heavy atom. The quantitative estimate of drug-likeness (QED) is 0.157. The third-order valence-electron chi connectivity index (χ3n) is 7.87. The van der Waals surface area contributed by atoms with E-state index in [2.05, 4.69) is 25.0 Å². The summed E-state index contributed by atoms with van der Waals surface area (Å²) in [5.41, 5.74) is 1.47. The van der Waals surface area contributed by atoms with Crippen molar-refractivity contribution in [3.63, 3.8) is 0 Å². The summed E-state index contributed by atoms with van der Waals surface area (Å²) in [6.45, 7) is 10.2. The summed E-state index contributed by atoms with van der Waals surface area (Å²) in [5, 5.41) is 6.58. The number of fused-ring (bicyclic) bond motifs is 1. The van der Waals surface area contributed by atoms with Gasteiger partial charge in [0.1, 0.15) is 22.9 Å². The topological polar surface area (TPSA) is 149 Å². The maximum Gasteiger partial charge on any atom is 0.410 e. The number of amides is 1. The van der Waals surface area contributed by atoms with Crippen LogP contribution in [0.2, 0.25) is 0 Å². The zero-order valence-electron chi connectivity index (χ0n) is 28.4. The molecule has 1 amide bonds. The number of ether oxygens (including phenoxy) is 2. The summed E-state index contributed by atoms with van der Waals surface area (Å²) in [4.78, 5) is 32.3. The summed E-state index contributed by atoms with van der Waals surface area (Å²) in [6.07, 6.45) is 4.51. The van der Waals surface area contributed by atoms with Gasteiger partial charge in [-0.25, -0.2) is 37.5 Å². The van der Waals surface area contributed by atoms with Gasteiger partial charge in [-0.3, -0.25) is 4.72 Å². The molecule has 0 radical (unpaired) electrons. The molecule has 3 aromatic heterocycles. The molecule has 1 saturated heterocycles. The van der Waals surface area contributed by atoms with E-state index in [1.54, 1.807) is 59.9 Å². The summed E-state index contributed by atoms with van der Waals surface area (Å²) in [7, 11) is -3.99. The van der Waals surface area contributed by atoms with Gasteiger partial charge in [-0.05, 0) is 83.4 Å². The van der Waals surface area contributed by atoms with Gasteiger partial charge in [0.2, 0.25) is 21.9 Å². The molecule has 15 heteroatoms. The summed E-state index contributed by atoms with van der Waals surface area (Å²) in [6, 6.07) is 11.4. The molecule has 1 fully saturated rings. The number of benzene rings is 2. The molecule has 1 atom stereocenters. The van der Waals surface area contributed by atoms with Crippen LogP contribution in [-0.4, -0.2) is 64.1 Å². The molecular weight excluding hydrogens is 682 g/mol. The predicted octanol–water partition coefficient (Wildman–Crippen LogP) is 7.45. The lowest BCUT2D eigenvalue weighted by atomic mass is 10.0. The van der Waals surface area contributed by atoms with Gasteiger partial charge in [0, 0.05) is 47.7 Å². The molecule has 0 bridgehead atoms. The minimum Gasteiger partial charge on any atom is -0.444 e. The van der Waals surface area contributed by atoms with E-state index in [9.17, 15) is 13.2 Å². The number of piperidine rings is 1. The molecule has 2 aromatic carbocycles. The highest BCUT2D eigenvalue weighted by atomic mass is 32.2. The number of pyridine rings is 1. The average molecular weight is 720 g/mol. The van der Waals surface area contributed by atoms with Crippen LogP contribution in [0.15, 0.2) is 60.2 Å². The van der Waals surface area contributed by atoms with Crippen LogP contribution in [-0.2, 0) is 20.5 Å². The number of carbonyl (C=O) groups excluding carboxylic acids is 1. The van der Waals surface area contributed by atoms with Crippen LogP contribution in [0, 0.1) is 19.7 Å². The lowest BCUT2D eigenvalue weighted by Gasteiger charge is -2.34. The van der Waals surface area contributed by atoms with E-state index in [-0.39, 0.29) is 23.7 Å². The predicted molar refractivity (Wildman–Crippen MR) is 192 cm³/mol. The third-order valence-corrected chi connectivity index (χ3v) is 9.88. The number of aromatic nitrogens is 4. The van der Waals surface area contributed by atoms with E-state index in [0.29, 0.717) is 52.5 Å². The number of sulfonamides is 1. The second-order valence-corrected chi connectivity index (χ2v) is 15.9. The first-order chi connectivity index (χ1) is 23.7. The summed E-state index contributed by atoms with van der Waals surface area (Å²) < 4.78 is 55.8. The van der Waals surface area contributed by atoms with E-state index < -0.39 is 27.2 Å². The Morgan fingerprint density at radius 1 is 1.06 bits per heavy atom. The molecule has 4 heterocycles. The zero-order valence-corrected chi connectivity index (χ0v) is 30.0. The first kappa shape index (κ1) is 35.0. The molecule has 0 unspecified atom stereocenters. The van der Waals surface area contributed by atoms with Gasteiger partial charge >= 0.3 is 6.09 Å².